The molecule has 0 aliphatic carbocycles. The number of carbonyl (C=O) groups is 1. The molecule has 0 heterocycles. The van der Waals surface area contributed by atoms with E-state index in [-0.39, 0.29) is 24.6 Å². The summed E-state index contributed by atoms with van der Waals surface area (Å²) in [6.45, 7) is 0.202. The van der Waals surface area contributed by atoms with Crippen molar-refractivity contribution in [2.75, 3.05) is 25.1 Å². The van der Waals surface area contributed by atoms with E-state index < -0.39 is 10.0 Å². The number of carbonyl (C=O) groups excluding carboxylic acids is 1. The molecule has 0 atom stereocenters. The highest BCUT2D eigenvalue weighted by Gasteiger charge is 2.14. The number of nitrogens with one attached hydrogen (secondary N) is 1. The number of sulfonamides is 1. The Hall–Kier alpha value is -1.80. The van der Waals surface area contributed by atoms with Gasteiger partial charge in [-0.1, -0.05) is 6.07 Å². The SMILES string of the molecule is COc1c(N)cccc1C(=O)NCCCS(N)(=O)=O. The van der Waals surface area contributed by atoms with Gasteiger partial charge in [-0.05, 0) is 18.6 Å². The monoisotopic (exact) mass is 287 g/mol. The van der Waals surface area contributed by atoms with E-state index in [0.717, 1.165) is 0 Å². The zero-order valence-electron chi connectivity index (χ0n) is 10.5. The van der Waals surface area contributed by atoms with Crippen LogP contribution in [0.3, 0.4) is 0 Å². The molecule has 0 aliphatic rings. The van der Waals surface area contributed by atoms with Gasteiger partial charge in [0.05, 0.1) is 24.1 Å². The number of methoxy groups -OCH3 is 1. The molecule has 5 N–H and O–H groups in total. The van der Waals surface area contributed by atoms with Gasteiger partial charge in [0.1, 0.15) is 0 Å². The van der Waals surface area contributed by atoms with Gasteiger partial charge < -0.3 is 15.8 Å². The molecule has 1 amide bonds. The van der Waals surface area contributed by atoms with Crippen molar-refractivity contribution in [3.63, 3.8) is 0 Å². The van der Waals surface area contributed by atoms with Gasteiger partial charge in [0.15, 0.2) is 5.75 Å². The van der Waals surface area contributed by atoms with Crippen molar-refractivity contribution in [1.29, 1.82) is 0 Å². The van der Waals surface area contributed by atoms with Crippen LogP contribution in [0.2, 0.25) is 0 Å². The number of benzene rings is 1. The van der Waals surface area contributed by atoms with E-state index in [0.29, 0.717) is 17.0 Å². The fraction of sp³-hybridized carbons (Fsp3) is 0.364. The average molecular weight is 287 g/mol. The average Bonchev–Trinajstić information content (AvgIpc) is 2.33. The fourth-order valence-electron chi connectivity index (χ4n) is 1.53. The first kappa shape index (κ1) is 15.3. The molecule has 0 saturated carbocycles. The summed E-state index contributed by atoms with van der Waals surface area (Å²) in [5, 5.41) is 7.43. The normalized spacial score (nSPS) is 11.1. The third-order valence-corrected chi connectivity index (χ3v) is 3.24. The summed E-state index contributed by atoms with van der Waals surface area (Å²) >= 11 is 0. The van der Waals surface area contributed by atoms with E-state index in [2.05, 4.69) is 5.32 Å². The largest absolute Gasteiger partial charge is 0.494 e. The molecule has 8 heteroatoms. The summed E-state index contributed by atoms with van der Waals surface area (Å²) in [5.41, 5.74) is 6.35. The first-order valence-corrected chi connectivity index (χ1v) is 7.28. The third-order valence-electron chi connectivity index (χ3n) is 2.39. The molecule has 1 aromatic carbocycles. The fourth-order valence-corrected chi connectivity index (χ4v) is 2.08. The summed E-state index contributed by atoms with van der Waals surface area (Å²) in [7, 11) is -2.08. The van der Waals surface area contributed by atoms with Crippen molar-refractivity contribution in [2.45, 2.75) is 6.42 Å². The van der Waals surface area contributed by atoms with Crippen LogP contribution in [0.15, 0.2) is 18.2 Å². The number of anilines is 1. The minimum absolute atomic E-state index is 0.179. The van der Waals surface area contributed by atoms with Crippen molar-refractivity contribution in [2.24, 2.45) is 5.14 Å². The Bertz CT molecular complexity index is 557. The molecule has 1 rings (SSSR count). The number of para-hydroxylation sites is 1. The predicted octanol–water partition coefficient (Wildman–Crippen LogP) is -0.314. The first-order valence-electron chi connectivity index (χ1n) is 5.56. The lowest BCUT2D eigenvalue weighted by Crippen LogP contribution is -2.27. The highest BCUT2D eigenvalue weighted by molar-refractivity contribution is 7.89. The molecule has 106 valence electrons. The van der Waals surface area contributed by atoms with E-state index in [1.54, 1.807) is 18.2 Å². The summed E-state index contributed by atoms with van der Waals surface area (Å²) in [4.78, 5) is 11.9. The Balaban J connectivity index is 2.62. The number of hydrogen-bond acceptors (Lipinski definition) is 5. The minimum Gasteiger partial charge on any atom is -0.494 e. The molecule has 0 saturated heterocycles. The second-order valence-corrected chi connectivity index (χ2v) is 5.64. The topological polar surface area (TPSA) is 125 Å². The second-order valence-electron chi connectivity index (χ2n) is 3.90. The number of nitrogens with two attached hydrogens (primary N) is 2. The van der Waals surface area contributed by atoms with Crippen molar-refractivity contribution in [1.82, 2.24) is 5.32 Å². The summed E-state index contributed by atoms with van der Waals surface area (Å²) < 4.78 is 26.5. The van der Waals surface area contributed by atoms with Gasteiger partial charge in [0, 0.05) is 6.54 Å². The summed E-state index contributed by atoms with van der Waals surface area (Å²) in [6.07, 6.45) is 0.245. The van der Waals surface area contributed by atoms with Gasteiger partial charge in [-0.2, -0.15) is 0 Å². The van der Waals surface area contributed by atoms with E-state index in [1.807, 2.05) is 0 Å². The molecule has 0 fully saturated rings. The van der Waals surface area contributed by atoms with Crippen LogP contribution in [-0.2, 0) is 10.0 Å². The Labute approximate surface area is 112 Å². The molecule has 19 heavy (non-hydrogen) atoms. The van der Waals surface area contributed by atoms with Crippen molar-refractivity contribution in [3.05, 3.63) is 23.8 Å². The summed E-state index contributed by atoms with van der Waals surface area (Å²) in [5.74, 6) is -0.258. The Morgan fingerprint density at radius 1 is 1.42 bits per heavy atom. The molecule has 0 aromatic heterocycles. The Morgan fingerprint density at radius 3 is 2.68 bits per heavy atom. The van der Waals surface area contributed by atoms with Crippen molar-refractivity contribution < 1.29 is 17.9 Å². The number of primary sulfonamides is 1. The lowest BCUT2D eigenvalue weighted by Gasteiger charge is -2.11. The van der Waals surface area contributed by atoms with Crippen LogP contribution in [0.1, 0.15) is 16.8 Å². The van der Waals surface area contributed by atoms with E-state index in [4.69, 9.17) is 15.6 Å². The van der Waals surface area contributed by atoms with Gasteiger partial charge in [0.25, 0.3) is 5.91 Å². The smallest absolute Gasteiger partial charge is 0.255 e. The van der Waals surface area contributed by atoms with Crippen LogP contribution < -0.4 is 20.9 Å². The Morgan fingerprint density at radius 2 is 2.11 bits per heavy atom. The van der Waals surface area contributed by atoms with E-state index in [1.165, 1.54) is 7.11 Å². The van der Waals surface area contributed by atoms with E-state index >= 15 is 0 Å². The maximum absolute atomic E-state index is 11.9. The van der Waals surface area contributed by atoms with Gasteiger partial charge in [0.2, 0.25) is 10.0 Å². The number of amides is 1. The molecule has 0 spiro atoms. The highest BCUT2D eigenvalue weighted by atomic mass is 32.2. The van der Waals surface area contributed by atoms with Gasteiger partial charge in [-0.3, -0.25) is 4.79 Å². The molecular formula is C11H17N3O4S. The van der Waals surface area contributed by atoms with Crippen molar-refractivity contribution >= 4 is 21.6 Å². The molecule has 0 bridgehead atoms. The van der Waals surface area contributed by atoms with Crippen LogP contribution in [0, 0.1) is 0 Å². The maximum Gasteiger partial charge on any atom is 0.255 e. The number of ether oxygens (including phenoxy) is 1. The lowest BCUT2D eigenvalue weighted by molar-refractivity contribution is 0.0950. The van der Waals surface area contributed by atoms with Crippen LogP contribution in [0.5, 0.6) is 5.75 Å². The Kier molecular flexibility index (Phi) is 5.13. The number of nitrogen functional groups attached to an aromatic ring is 1. The molecule has 0 unspecified atom stereocenters. The predicted molar refractivity (Wildman–Crippen MR) is 72.3 cm³/mol. The molecule has 0 radical (unpaired) electrons. The zero-order chi connectivity index (χ0) is 14.5. The molecule has 0 aliphatic heterocycles. The van der Waals surface area contributed by atoms with Crippen LogP contribution >= 0.6 is 0 Å². The lowest BCUT2D eigenvalue weighted by atomic mass is 10.1. The quantitative estimate of drug-likeness (QED) is 0.489. The van der Waals surface area contributed by atoms with Crippen LogP contribution in [0.25, 0.3) is 0 Å². The maximum atomic E-state index is 11.9. The van der Waals surface area contributed by atoms with Gasteiger partial charge in [-0.25, -0.2) is 13.6 Å². The molecule has 7 nitrogen and oxygen atoms in total. The number of hydrogen-bond donors (Lipinski definition) is 3. The first-order chi connectivity index (χ1) is 8.85. The van der Waals surface area contributed by atoms with Gasteiger partial charge >= 0.3 is 0 Å². The minimum atomic E-state index is -3.50. The van der Waals surface area contributed by atoms with E-state index in [9.17, 15) is 13.2 Å². The summed E-state index contributed by atoms with van der Waals surface area (Å²) in [6, 6.07) is 4.83. The van der Waals surface area contributed by atoms with Crippen LogP contribution in [-0.4, -0.2) is 33.7 Å². The van der Waals surface area contributed by atoms with Crippen molar-refractivity contribution in [3.8, 4) is 5.75 Å². The zero-order valence-corrected chi connectivity index (χ0v) is 11.4. The standard InChI is InChI=1S/C11H17N3O4S/c1-18-10-8(4-2-5-9(10)12)11(15)14-6-3-7-19(13,16)17/h2,4-5H,3,6-7,12H2,1H3,(H,14,15)(H2,13,16,17). The molecular weight excluding hydrogens is 270 g/mol. The molecule has 1 aromatic rings. The van der Waals surface area contributed by atoms with Gasteiger partial charge in [-0.15, -0.1) is 0 Å². The second kappa shape index (κ2) is 6.39. The third kappa shape index (κ3) is 4.76. The highest BCUT2D eigenvalue weighted by Crippen LogP contribution is 2.25. The number of rotatable bonds is 6. The van der Waals surface area contributed by atoms with Crippen LogP contribution in [0.4, 0.5) is 5.69 Å².